The molecule has 1 aromatic carbocycles. The lowest BCUT2D eigenvalue weighted by Gasteiger charge is -2.39. The van der Waals surface area contributed by atoms with Gasteiger partial charge in [-0.05, 0) is 37.8 Å². The van der Waals surface area contributed by atoms with Gasteiger partial charge in [0.25, 0.3) is 5.91 Å². The van der Waals surface area contributed by atoms with Crippen LogP contribution in [0.3, 0.4) is 0 Å². The van der Waals surface area contributed by atoms with Gasteiger partial charge in [-0.2, -0.15) is 0 Å². The number of primary amides is 1. The Balaban J connectivity index is 1.34. The molecule has 0 unspecified atom stereocenters. The normalized spacial score (nSPS) is 23.2. The van der Waals surface area contributed by atoms with Crippen molar-refractivity contribution < 1.29 is 24.1 Å². The molecule has 11 nitrogen and oxygen atoms in total. The number of nitrogens with one attached hydrogen (secondary N) is 2. The van der Waals surface area contributed by atoms with Gasteiger partial charge in [0, 0.05) is 43.7 Å². The average molecular weight is 533 g/mol. The molecule has 1 amide bonds. The van der Waals surface area contributed by atoms with Crippen LogP contribution in [0.15, 0.2) is 18.2 Å². The zero-order valence-corrected chi connectivity index (χ0v) is 21.6. The van der Waals surface area contributed by atoms with E-state index in [-0.39, 0.29) is 28.8 Å². The SMILES string of the molecule is COc1cc(Nc2nc(N[C@H]3CC[C@H](O)CC3)c(Cl)nc2C(N)=O)ccc1N1CCC2(CC1)OCCO2. The number of hydrogen-bond acceptors (Lipinski definition) is 10. The van der Waals surface area contributed by atoms with E-state index in [9.17, 15) is 9.90 Å². The van der Waals surface area contributed by atoms with Crippen LogP contribution >= 0.6 is 11.6 Å². The van der Waals surface area contributed by atoms with Gasteiger partial charge in [-0.1, -0.05) is 11.6 Å². The maximum absolute atomic E-state index is 12.1. The van der Waals surface area contributed by atoms with Crippen molar-refractivity contribution in [3.63, 3.8) is 0 Å². The molecule has 1 saturated carbocycles. The summed E-state index contributed by atoms with van der Waals surface area (Å²) in [6.45, 7) is 2.85. The monoisotopic (exact) mass is 532 g/mol. The van der Waals surface area contributed by atoms with E-state index in [2.05, 4.69) is 25.5 Å². The second-order valence-corrected chi connectivity index (χ2v) is 10.0. The molecular weight excluding hydrogens is 500 g/mol. The lowest BCUT2D eigenvalue weighted by Crippen LogP contribution is -2.45. The zero-order valence-electron chi connectivity index (χ0n) is 20.8. The zero-order chi connectivity index (χ0) is 26.0. The van der Waals surface area contributed by atoms with Crippen molar-refractivity contribution in [2.45, 2.75) is 56.5 Å². The number of rotatable bonds is 7. The highest BCUT2D eigenvalue weighted by Gasteiger charge is 2.40. The first-order valence-corrected chi connectivity index (χ1v) is 13.0. The van der Waals surface area contributed by atoms with Gasteiger partial charge in [0.1, 0.15) is 5.75 Å². The van der Waals surface area contributed by atoms with Crippen LogP contribution in [0.5, 0.6) is 5.75 Å². The molecule has 0 atom stereocenters. The van der Waals surface area contributed by atoms with Gasteiger partial charge in [-0.25, -0.2) is 9.97 Å². The van der Waals surface area contributed by atoms with Gasteiger partial charge in [-0.3, -0.25) is 4.79 Å². The largest absolute Gasteiger partial charge is 0.495 e. The summed E-state index contributed by atoms with van der Waals surface area (Å²) in [6, 6.07) is 5.81. The highest BCUT2D eigenvalue weighted by Crippen LogP contribution is 2.38. The van der Waals surface area contributed by atoms with E-state index in [1.807, 2.05) is 18.2 Å². The number of methoxy groups -OCH3 is 1. The van der Waals surface area contributed by atoms with E-state index in [1.165, 1.54) is 0 Å². The summed E-state index contributed by atoms with van der Waals surface area (Å²) in [6.07, 6.45) is 4.28. The third-order valence-corrected chi connectivity index (χ3v) is 7.51. The molecule has 3 aliphatic rings. The minimum atomic E-state index is -0.744. The molecule has 2 saturated heterocycles. The fourth-order valence-electron chi connectivity index (χ4n) is 5.21. The van der Waals surface area contributed by atoms with Crippen LogP contribution in [0.2, 0.25) is 5.15 Å². The minimum absolute atomic E-state index is 0.0597. The molecular formula is C25H33ClN6O5. The molecule has 3 fully saturated rings. The quantitative estimate of drug-likeness (QED) is 0.420. The van der Waals surface area contributed by atoms with Crippen molar-refractivity contribution in [3.05, 3.63) is 29.0 Å². The first-order valence-electron chi connectivity index (χ1n) is 12.7. The first kappa shape index (κ1) is 25.8. The number of carbonyl (C=O) groups excluding carboxylic acids is 1. The maximum atomic E-state index is 12.1. The number of nitrogens with two attached hydrogens (primary N) is 1. The molecule has 1 spiro atoms. The molecule has 0 radical (unpaired) electrons. The number of carbonyl (C=O) groups is 1. The number of aliphatic hydroxyl groups is 1. The minimum Gasteiger partial charge on any atom is -0.495 e. The fourth-order valence-corrected chi connectivity index (χ4v) is 5.39. The topological polar surface area (TPSA) is 144 Å². The Morgan fingerprint density at radius 3 is 2.51 bits per heavy atom. The van der Waals surface area contributed by atoms with Crippen LogP contribution in [0.4, 0.5) is 23.0 Å². The molecule has 1 aromatic heterocycles. The Morgan fingerprint density at radius 2 is 1.86 bits per heavy atom. The van der Waals surface area contributed by atoms with E-state index in [4.69, 9.17) is 31.5 Å². The van der Waals surface area contributed by atoms with Gasteiger partial charge in [-0.15, -0.1) is 0 Å². The third-order valence-electron chi connectivity index (χ3n) is 7.25. The van der Waals surface area contributed by atoms with Gasteiger partial charge in [0.05, 0.1) is 32.1 Å². The Morgan fingerprint density at radius 1 is 1.16 bits per heavy atom. The number of anilines is 4. The van der Waals surface area contributed by atoms with E-state index in [0.717, 1.165) is 44.5 Å². The van der Waals surface area contributed by atoms with Crippen molar-refractivity contribution in [1.29, 1.82) is 0 Å². The number of amides is 1. The van der Waals surface area contributed by atoms with Crippen LogP contribution in [0.1, 0.15) is 49.0 Å². The number of halogens is 1. The summed E-state index contributed by atoms with van der Waals surface area (Å²) in [7, 11) is 1.62. The highest BCUT2D eigenvalue weighted by atomic mass is 35.5. The standard InChI is InChI=1S/C25H33ClN6O5/c1-35-19-14-16(4-7-18(19)32-10-8-25(9-11-32)36-12-13-37-25)29-23-20(22(27)34)30-21(26)24(31-23)28-15-2-5-17(33)6-3-15/h4,7,14-15,17,33H,2-3,5-6,8-13H2,1H3,(H2,27,34)(H2,28,29,31)/t15-,17-. The number of ether oxygens (including phenoxy) is 3. The summed E-state index contributed by atoms with van der Waals surface area (Å²) in [5.41, 5.74) is 7.13. The molecule has 2 aliphatic heterocycles. The lowest BCUT2D eigenvalue weighted by molar-refractivity contribution is -0.169. The van der Waals surface area contributed by atoms with Gasteiger partial charge in [0.15, 0.2) is 28.3 Å². The van der Waals surface area contributed by atoms with Crippen molar-refractivity contribution in [2.24, 2.45) is 5.73 Å². The number of aromatic nitrogens is 2. The van der Waals surface area contributed by atoms with Crippen LogP contribution in [-0.4, -0.2) is 72.3 Å². The molecule has 200 valence electrons. The van der Waals surface area contributed by atoms with Crippen molar-refractivity contribution in [1.82, 2.24) is 9.97 Å². The van der Waals surface area contributed by atoms with E-state index < -0.39 is 11.7 Å². The molecule has 3 heterocycles. The number of aliphatic hydroxyl groups excluding tert-OH is 1. The van der Waals surface area contributed by atoms with Gasteiger partial charge in [0.2, 0.25) is 0 Å². The van der Waals surface area contributed by atoms with E-state index in [0.29, 0.717) is 43.3 Å². The predicted octanol–water partition coefficient (Wildman–Crippen LogP) is 3.04. The summed E-state index contributed by atoms with van der Waals surface area (Å²) >= 11 is 6.33. The Bertz CT molecular complexity index is 1130. The molecule has 12 heteroatoms. The molecule has 1 aliphatic carbocycles. The summed E-state index contributed by atoms with van der Waals surface area (Å²) < 4.78 is 17.4. The number of hydrogen-bond donors (Lipinski definition) is 4. The first-order chi connectivity index (χ1) is 17.9. The number of benzene rings is 1. The van der Waals surface area contributed by atoms with Crippen LogP contribution in [0.25, 0.3) is 0 Å². The fraction of sp³-hybridized carbons (Fsp3) is 0.560. The average Bonchev–Trinajstić information content (AvgIpc) is 3.35. The molecule has 2 aromatic rings. The number of piperidine rings is 1. The summed E-state index contributed by atoms with van der Waals surface area (Å²) in [5, 5.41) is 16.3. The van der Waals surface area contributed by atoms with E-state index in [1.54, 1.807) is 7.11 Å². The van der Waals surface area contributed by atoms with Crippen molar-refractivity contribution in [3.8, 4) is 5.75 Å². The molecule has 5 N–H and O–H groups in total. The van der Waals surface area contributed by atoms with Gasteiger partial charge >= 0.3 is 0 Å². The van der Waals surface area contributed by atoms with Crippen LogP contribution in [-0.2, 0) is 9.47 Å². The molecule has 5 rings (SSSR count). The smallest absolute Gasteiger partial charge is 0.271 e. The Labute approximate surface area is 220 Å². The third kappa shape index (κ3) is 5.69. The summed E-state index contributed by atoms with van der Waals surface area (Å²) in [4.78, 5) is 23.1. The lowest BCUT2D eigenvalue weighted by atomic mass is 9.93. The Kier molecular flexibility index (Phi) is 7.57. The molecule has 37 heavy (non-hydrogen) atoms. The second kappa shape index (κ2) is 10.9. The van der Waals surface area contributed by atoms with Crippen LogP contribution in [0, 0.1) is 0 Å². The second-order valence-electron chi connectivity index (χ2n) is 9.68. The van der Waals surface area contributed by atoms with Crippen molar-refractivity contribution >= 4 is 40.5 Å². The van der Waals surface area contributed by atoms with E-state index >= 15 is 0 Å². The van der Waals surface area contributed by atoms with Crippen molar-refractivity contribution in [2.75, 3.05) is 48.9 Å². The summed E-state index contributed by atoms with van der Waals surface area (Å²) in [5.74, 6) is 0.0350. The van der Waals surface area contributed by atoms with Gasteiger partial charge < -0.3 is 40.6 Å². The molecule has 0 bridgehead atoms. The maximum Gasteiger partial charge on any atom is 0.271 e. The predicted molar refractivity (Wildman–Crippen MR) is 140 cm³/mol. The number of nitrogens with zero attached hydrogens (tertiary/aromatic N) is 3. The Hall–Kier alpha value is -2.86. The highest BCUT2D eigenvalue weighted by molar-refractivity contribution is 6.32. The van der Waals surface area contributed by atoms with Crippen LogP contribution < -0.4 is 26.0 Å².